The lowest BCUT2D eigenvalue weighted by atomic mass is 10.1. The minimum absolute atomic E-state index is 0.441. The van der Waals surface area contributed by atoms with E-state index in [2.05, 4.69) is 60.4 Å². The average molecular weight is 287 g/mol. The van der Waals surface area contributed by atoms with Crippen molar-refractivity contribution in [1.82, 2.24) is 10.2 Å². The highest BCUT2D eigenvalue weighted by atomic mass is 15.2. The van der Waals surface area contributed by atoms with Gasteiger partial charge in [0.25, 0.3) is 0 Å². The molecule has 2 atom stereocenters. The van der Waals surface area contributed by atoms with Crippen molar-refractivity contribution in [3.05, 3.63) is 29.8 Å². The molecule has 1 saturated heterocycles. The van der Waals surface area contributed by atoms with Crippen LogP contribution in [-0.2, 0) is 0 Å². The zero-order valence-corrected chi connectivity index (χ0v) is 13.7. The standard InChI is InChI=1S/C18H29N3/c1-14(16-4-6-17(7-5-16)20(2)3)19-12-15-10-11-21(13-15)18-8-9-18/h4-7,14-15,18-19H,8-13H2,1-3H3. The predicted molar refractivity (Wildman–Crippen MR) is 89.9 cm³/mol. The van der Waals surface area contributed by atoms with Gasteiger partial charge in [-0.25, -0.2) is 0 Å². The molecule has 1 aromatic carbocycles. The summed E-state index contributed by atoms with van der Waals surface area (Å²) in [4.78, 5) is 4.84. The van der Waals surface area contributed by atoms with E-state index < -0.39 is 0 Å². The number of nitrogens with zero attached hydrogens (tertiary/aromatic N) is 2. The van der Waals surface area contributed by atoms with Crippen molar-refractivity contribution < 1.29 is 0 Å². The number of benzene rings is 1. The molecule has 2 aliphatic rings. The molecule has 1 aliphatic carbocycles. The number of rotatable bonds is 6. The van der Waals surface area contributed by atoms with Gasteiger partial charge in [0.2, 0.25) is 0 Å². The van der Waals surface area contributed by atoms with Crippen LogP contribution in [0.2, 0.25) is 0 Å². The molecule has 1 aromatic rings. The zero-order valence-electron chi connectivity index (χ0n) is 13.7. The van der Waals surface area contributed by atoms with Crippen LogP contribution < -0.4 is 10.2 Å². The average Bonchev–Trinajstić information content (AvgIpc) is 3.24. The Morgan fingerprint density at radius 2 is 1.90 bits per heavy atom. The maximum absolute atomic E-state index is 3.73. The molecule has 0 radical (unpaired) electrons. The summed E-state index contributed by atoms with van der Waals surface area (Å²) >= 11 is 0. The maximum Gasteiger partial charge on any atom is 0.0361 e. The van der Waals surface area contributed by atoms with Gasteiger partial charge in [-0.3, -0.25) is 0 Å². The SMILES string of the molecule is CC(NCC1CCN(C2CC2)C1)c1ccc(N(C)C)cc1. The van der Waals surface area contributed by atoms with Crippen molar-refractivity contribution in [2.45, 2.75) is 38.3 Å². The normalized spacial score (nSPS) is 24.2. The molecule has 21 heavy (non-hydrogen) atoms. The first-order valence-electron chi connectivity index (χ1n) is 8.38. The first-order valence-corrected chi connectivity index (χ1v) is 8.38. The third-order valence-corrected chi connectivity index (χ3v) is 5.00. The predicted octanol–water partition coefficient (Wildman–Crippen LogP) is 2.89. The van der Waals surface area contributed by atoms with E-state index in [4.69, 9.17) is 0 Å². The van der Waals surface area contributed by atoms with Crippen molar-refractivity contribution in [1.29, 1.82) is 0 Å². The fourth-order valence-corrected chi connectivity index (χ4v) is 3.32. The second-order valence-electron chi connectivity index (χ2n) is 7.00. The largest absolute Gasteiger partial charge is 0.378 e. The van der Waals surface area contributed by atoms with Crippen LogP contribution in [-0.4, -0.2) is 44.7 Å². The van der Waals surface area contributed by atoms with Gasteiger partial charge in [-0.1, -0.05) is 12.1 Å². The van der Waals surface area contributed by atoms with Crippen LogP contribution in [0.4, 0.5) is 5.69 Å². The molecular formula is C18H29N3. The van der Waals surface area contributed by atoms with Gasteiger partial charge >= 0.3 is 0 Å². The van der Waals surface area contributed by atoms with Crippen molar-refractivity contribution in [2.24, 2.45) is 5.92 Å². The van der Waals surface area contributed by atoms with E-state index in [1.807, 2.05) is 0 Å². The molecule has 0 aromatic heterocycles. The molecule has 1 heterocycles. The second kappa shape index (κ2) is 6.37. The minimum Gasteiger partial charge on any atom is -0.378 e. The highest BCUT2D eigenvalue weighted by Crippen LogP contribution is 2.31. The van der Waals surface area contributed by atoms with Crippen molar-refractivity contribution in [3.8, 4) is 0 Å². The smallest absolute Gasteiger partial charge is 0.0361 e. The lowest BCUT2D eigenvalue weighted by Crippen LogP contribution is -2.29. The van der Waals surface area contributed by atoms with E-state index in [0.717, 1.165) is 18.5 Å². The third-order valence-electron chi connectivity index (χ3n) is 5.00. The van der Waals surface area contributed by atoms with Crippen LogP contribution in [0.3, 0.4) is 0 Å². The topological polar surface area (TPSA) is 18.5 Å². The van der Waals surface area contributed by atoms with Gasteiger partial charge in [0, 0.05) is 38.4 Å². The van der Waals surface area contributed by atoms with E-state index in [0.29, 0.717) is 6.04 Å². The molecule has 0 amide bonds. The first kappa shape index (κ1) is 14.9. The summed E-state index contributed by atoms with van der Waals surface area (Å²) in [6.07, 6.45) is 4.25. The fourth-order valence-electron chi connectivity index (χ4n) is 3.32. The Hall–Kier alpha value is -1.06. The van der Waals surface area contributed by atoms with Gasteiger partial charge in [0.15, 0.2) is 0 Å². The molecule has 2 fully saturated rings. The monoisotopic (exact) mass is 287 g/mol. The molecular weight excluding hydrogens is 258 g/mol. The summed E-state index contributed by atoms with van der Waals surface area (Å²) in [5.41, 5.74) is 2.65. The number of nitrogens with one attached hydrogen (secondary N) is 1. The van der Waals surface area contributed by atoms with Crippen molar-refractivity contribution in [2.75, 3.05) is 38.6 Å². The number of anilines is 1. The van der Waals surface area contributed by atoms with Gasteiger partial charge in [-0.2, -0.15) is 0 Å². The Morgan fingerprint density at radius 1 is 1.19 bits per heavy atom. The van der Waals surface area contributed by atoms with Gasteiger partial charge in [0.05, 0.1) is 0 Å². The number of hydrogen-bond donors (Lipinski definition) is 1. The summed E-state index contributed by atoms with van der Waals surface area (Å²) in [7, 11) is 4.17. The Balaban J connectivity index is 1.46. The molecule has 0 spiro atoms. The molecule has 0 bridgehead atoms. The van der Waals surface area contributed by atoms with Crippen molar-refractivity contribution in [3.63, 3.8) is 0 Å². The van der Waals surface area contributed by atoms with Crippen LogP contribution >= 0.6 is 0 Å². The molecule has 1 aliphatic heterocycles. The van der Waals surface area contributed by atoms with E-state index >= 15 is 0 Å². The van der Waals surface area contributed by atoms with Gasteiger partial charge in [-0.05, 0) is 62.9 Å². The first-order chi connectivity index (χ1) is 10.1. The molecule has 116 valence electrons. The molecule has 3 heteroatoms. The third kappa shape index (κ3) is 3.78. The van der Waals surface area contributed by atoms with Crippen LogP contribution in [0, 0.1) is 5.92 Å². The quantitative estimate of drug-likeness (QED) is 0.868. The Kier molecular flexibility index (Phi) is 4.51. The Labute approximate surface area is 129 Å². The zero-order chi connectivity index (χ0) is 14.8. The fraction of sp³-hybridized carbons (Fsp3) is 0.667. The molecule has 1 saturated carbocycles. The Morgan fingerprint density at radius 3 is 2.52 bits per heavy atom. The summed E-state index contributed by atoms with van der Waals surface area (Å²) in [5.74, 6) is 0.842. The van der Waals surface area contributed by atoms with Crippen molar-refractivity contribution >= 4 is 5.69 Å². The lowest BCUT2D eigenvalue weighted by molar-refractivity contribution is 0.310. The second-order valence-corrected chi connectivity index (χ2v) is 7.00. The van der Waals surface area contributed by atoms with Crippen LogP contribution in [0.15, 0.2) is 24.3 Å². The highest BCUT2D eigenvalue weighted by Gasteiger charge is 2.34. The summed E-state index contributed by atoms with van der Waals surface area (Å²) in [5, 5.41) is 3.73. The number of hydrogen-bond acceptors (Lipinski definition) is 3. The summed E-state index contributed by atoms with van der Waals surface area (Å²) < 4.78 is 0. The van der Waals surface area contributed by atoms with Gasteiger partial charge in [0.1, 0.15) is 0 Å². The summed E-state index contributed by atoms with van der Waals surface area (Å²) in [6.45, 7) is 6.06. The highest BCUT2D eigenvalue weighted by molar-refractivity contribution is 5.46. The molecule has 3 rings (SSSR count). The van der Waals surface area contributed by atoms with Crippen LogP contribution in [0.5, 0.6) is 0 Å². The van der Waals surface area contributed by atoms with Gasteiger partial charge < -0.3 is 15.1 Å². The van der Waals surface area contributed by atoms with Gasteiger partial charge in [-0.15, -0.1) is 0 Å². The lowest BCUT2D eigenvalue weighted by Gasteiger charge is -2.19. The van der Waals surface area contributed by atoms with E-state index in [9.17, 15) is 0 Å². The maximum atomic E-state index is 3.73. The van der Waals surface area contributed by atoms with E-state index in [1.165, 1.54) is 43.6 Å². The van der Waals surface area contributed by atoms with Crippen LogP contribution in [0.25, 0.3) is 0 Å². The Bertz CT molecular complexity index is 450. The van der Waals surface area contributed by atoms with Crippen LogP contribution in [0.1, 0.15) is 37.8 Å². The summed E-state index contributed by atoms with van der Waals surface area (Å²) in [6, 6.07) is 10.3. The van der Waals surface area contributed by atoms with E-state index in [1.54, 1.807) is 0 Å². The molecule has 3 nitrogen and oxygen atoms in total. The molecule has 1 N–H and O–H groups in total. The minimum atomic E-state index is 0.441. The van der Waals surface area contributed by atoms with E-state index in [-0.39, 0.29) is 0 Å². The number of likely N-dealkylation sites (tertiary alicyclic amines) is 1. The molecule has 2 unspecified atom stereocenters.